The van der Waals surface area contributed by atoms with E-state index in [-0.39, 0.29) is 12.2 Å². The van der Waals surface area contributed by atoms with E-state index >= 15 is 0 Å². The minimum atomic E-state index is -0.165. The first-order valence-electron chi connectivity index (χ1n) is 4.29. The van der Waals surface area contributed by atoms with E-state index in [1.54, 1.807) is 11.8 Å². The molecule has 2 fully saturated rings. The van der Waals surface area contributed by atoms with E-state index in [2.05, 4.69) is 0 Å². The van der Waals surface area contributed by atoms with E-state index in [0.29, 0.717) is 10.5 Å². The van der Waals surface area contributed by atoms with E-state index in [0.717, 1.165) is 25.7 Å². The Morgan fingerprint density at radius 1 is 0.818 bits per heavy atom. The maximum atomic E-state index is 9.56. The van der Waals surface area contributed by atoms with Gasteiger partial charge in [0, 0.05) is 10.5 Å². The quantitative estimate of drug-likeness (QED) is 0.570. The molecular weight excluding hydrogens is 160 g/mol. The molecule has 2 aliphatic heterocycles. The molecular formula is C8H14O2S. The molecule has 11 heavy (non-hydrogen) atoms. The van der Waals surface area contributed by atoms with Crippen LogP contribution in [-0.2, 0) is 0 Å². The van der Waals surface area contributed by atoms with E-state index < -0.39 is 0 Å². The Hall–Kier alpha value is 0.270. The van der Waals surface area contributed by atoms with Gasteiger partial charge in [0.2, 0.25) is 0 Å². The van der Waals surface area contributed by atoms with E-state index in [9.17, 15) is 10.2 Å². The first kappa shape index (κ1) is 7.90. The lowest BCUT2D eigenvalue weighted by atomic mass is 9.97. The summed E-state index contributed by atoms with van der Waals surface area (Å²) in [6.07, 6.45) is 3.43. The number of hydrogen-bond acceptors (Lipinski definition) is 3. The van der Waals surface area contributed by atoms with E-state index in [1.165, 1.54) is 0 Å². The van der Waals surface area contributed by atoms with Crippen LogP contribution in [0.25, 0.3) is 0 Å². The molecule has 0 aromatic carbocycles. The SMILES string of the molecule is O[C@@H]1CC[C@H](O)[C@@H]2CC[C@H]1S2. The second-order valence-electron chi connectivity index (χ2n) is 3.50. The standard InChI is InChI=1S/C8H14O2S/c9-5-1-2-6(10)8-4-3-7(5)11-8/h5-10H,1-4H2/t5-,6+,7-,8+. The van der Waals surface area contributed by atoms with Gasteiger partial charge in [-0.15, -0.1) is 11.8 Å². The van der Waals surface area contributed by atoms with Crippen LogP contribution in [0.5, 0.6) is 0 Å². The van der Waals surface area contributed by atoms with Gasteiger partial charge in [-0.05, 0) is 25.7 Å². The number of aliphatic hydroxyl groups excluding tert-OH is 2. The predicted octanol–water partition coefficient (Wildman–Crippen LogP) is 0.766. The highest BCUT2D eigenvalue weighted by Crippen LogP contribution is 2.42. The first-order chi connectivity index (χ1) is 5.27. The van der Waals surface area contributed by atoms with Crippen molar-refractivity contribution in [2.24, 2.45) is 0 Å². The summed E-state index contributed by atoms with van der Waals surface area (Å²) in [6, 6.07) is 0. The fraction of sp³-hybridized carbons (Fsp3) is 1.00. The Morgan fingerprint density at radius 3 is 1.73 bits per heavy atom. The molecule has 0 aromatic rings. The highest BCUT2D eigenvalue weighted by molar-refractivity contribution is 8.00. The van der Waals surface area contributed by atoms with Gasteiger partial charge < -0.3 is 10.2 Å². The number of thioether (sulfide) groups is 1. The second kappa shape index (κ2) is 2.96. The van der Waals surface area contributed by atoms with Crippen molar-refractivity contribution in [1.29, 1.82) is 0 Å². The van der Waals surface area contributed by atoms with Crippen molar-refractivity contribution in [2.75, 3.05) is 0 Å². The smallest absolute Gasteiger partial charge is 0.0659 e. The van der Waals surface area contributed by atoms with Gasteiger partial charge in [-0.1, -0.05) is 0 Å². The third-order valence-corrected chi connectivity index (χ3v) is 4.50. The molecule has 0 amide bonds. The van der Waals surface area contributed by atoms with Gasteiger partial charge in [-0.25, -0.2) is 0 Å². The molecule has 3 heteroatoms. The monoisotopic (exact) mass is 174 g/mol. The van der Waals surface area contributed by atoms with Crippen LogP contribution in [-0.4, -0.2) is 32.9 Å². The summed E-state index contributed by atoms with van der Waals surface area (Å²) in [7, 11) is 0. The van der Waals surface area contributed by atoms with E-state index in [1.807, 2.05) is 0 Å². The summed E-state index contributed by atoms with van der Waals surface area (Å²) in [5.74, 6) is 0. The Bertz CT molecular complexity index is 135. The van der Waals surface area contributed by atoms with Crippen LogP contribution in [0.4, 0.5) is 0 Å². The lowest BCUT2D eigenvalue weighted by Gasteiger charge is -2.16. The molecule has 0 spiro atoms. The Kier molecular flexibility index (Phi) is 2.12. The summed E-state index contributed by atoms with van der Waals surface area (Å²) in [4.78, 5) is 0. The zero-order valence-electron chi connectivity index (χ0n) is 6.44. The van der Waals surface area contributed by atoms with Gasteiger partial charge in [-0.3, -0.25) is 0 Å². The number of hydrogen-bond donors (Lipinski definition) is 2. The van der Waals surface area contributed by atoms with Gasteiger partial charge >= 0.3 is 0 Å². The molecule has 2 N–H and O–H groups in total. The minimum absolute atomic E-state index is 0.165. The summed E-state index contributed by atoms with van der Waals surface area (Å²) in [5, 5.41) is 20.0. The van der Waals surface area contributed by atoms with E-state index in [4.69, 9.17) is 0 Å². The number of fused-ring (bicyclic) bond motifs is 2. The third-order valence-electron chi connectivity index (χ3n) is 2.70. The van der Waals surface area contributed by atoms with Gasteiger partial charge in [0.05, 0.1) is 12.2 Å². The Labute approximate surface area is 71.0 Å². The Morgan fingerprint density at radius 2 is 1.27 bits per heavy atom. The second-order valence-corrected chi connectivity index (χ2v) is 4.99. The van der Waals surface area contributed by atoms with Crippen LogP contribution < -0.4 is 0 Å². The largest absolute Gasteiger partial charge is 0.392 e. The van der Waals surface area contributed by atoms with Crippen molar-refractivity contribution in [1.82, 2.24) is 0 Å². The van der Waals surface area contributed by atoms with Crippen molar-refractivity contribution in [3.8, 4) is 0 Å². The van der Waals surface area contributed by atoms with Crippen LogP contribution in [0, 0.1) is 0 Å². The molecule has 2 heterocycles. The van der Waals surface area contributed by atoms with Crippen LogP contribution in [0.15, 0.2) is 0 Å². The van der Waals surface area contributed by atoms with Gasteiger partial charge in [-0.2, -0.15) is 0 Å². The molecule has 2 nitrogen and oxygen atoms in total. The van der Waals surface area contributed by atoms with Crippen molar-refractivity contribution in [3.63, 3.8) is 0 Å². The normalized spacial score (nSPS) is 50.7. The minimum Gasteiger partial charge on any atom is -0.392 e. The van der Waals surface area contributed by atoms with Crippen LogP contribution in [0.2, 0.25) is 0 Å². The average molecular weight is 174 g/mol. The van der Waals surface area contributed by atoms with Crippen LogP contribution in [0.3, 0.4) is 0 Å². The van der Waals surface area contributed by atoms with Gasteiger partial charge in [0.25, 0.3) is 0 Å². The van der Waals surface area contributed by atoms with Gasteiger partial charge in [0.15, 0.2) is 0 Å². The molecule has 0 aromatic heterocycles. The lowest BCUT2D eigenvalue weighted by molar-refractivity contribution is 0.105. The fourth-order valence-electron chi connectivity index (χ4n) is 1.97. The molecule has 2 saturated heterocycles. The summed E-state index contributed by atoms with van der Waals surface area (Å²) < 4.78 is 0. The van der Waals surface area contributed by atoms with Crippen molar-refractivity contribution in [2.45, 2.75) is 48.4 Å². The molecule has 2 aliphatic rings. The Balaban J connectivity index is 2.07. The number of aliphatic hydroxyl groups is 2. The zero-order chi connectivity index (χ0) is 7.84. The molecule has 0 radical (unpaired) electrons. The zero-order valence-corrected chi connectivity index (χ0v) is 7.26. The van der Waals surface area contributed by atoms with Crippen LogP contribution >= 0.6 is 11.8 Å². The maximum Gasteiger partial charge on any atom is 0.0659 e. The molecule has 0 saturated carbocycles. The summed E-state index contributed by atoms with van der Waals surface area (Å²) in [5.41, 5.74) is 0. The van der Waals surface area contributed by atoms with Crippen molar-refractivity contribution >= 4 is 11.8 Å². The highest BCUT2D eigenvalue weighted by atomic mass is 32.2. The molecule has 64 valence electrons. The van der Waals surface area contributed by atoms with Crippen LogP contribution in [0.1, 0.15) is 25.7 Å². The molecule has 2 rings (SSSR count). The topological polar surface area (TPSA) is 40.5 Å². The summed E-state index contributed by atoms with van der Waals surface area (Å²) in [6.45, 7) is 0. The average Bonchev–Trinajstić information content (AvgIpc) is 2.42. The lowest BCUT2D eigenvalue weighted by Crippen LogP contribution is -2.22. The number of rotatable bonds is 0. The molecule has 0 unspecified atom stereocenters. The maximum absolute atomic E-state index is 9.56. The highest BCUT2D eigenvalue weighted by Gasteiger charge is 2.37. The molecule has 2 bridgehead atoms. The summed E-state index contributed by atoms with van der Waals surface area (Å²) >= 11 is 1.79. The molecule has 0 aliphatic carbocycles. The predicted molar refractivity (Wildman–Crippen MR) is 45.6 cm³/mol. The third kappa shape index (κ3) is 1.42. The van der Waals surface area contributed by atoms with Crippen molar-refractivity contribution in [3.05, 3.63) is 0 Å². The fourth-order valence-corrected chi connectivity index (χ4v) is 3.60. The molecule has 4 atom stereocenters. The van der Waals surface area contributed by atoms with Gasteiger partial charge in [0.1, 0.15) is 0 Å². The van der Waals surface area contributed by atoms with Crippen molar-refractivity contribution < 1.29 is 10.2 Å². The first-order valence-corrected chi connectivity index (χ1v) is 5.23.